The fraction of sp³-hybridized carbons (Fsp3) is 0.429. The molecule has 1 atom stereocenters. The third kappa shape index (κ3) is 5.25. The van der Waals surface area contributed by atoms with E-state index in [9.17, 15) is 0 Å². The molecule has 0 radical (unpaired) electrons. The number of nitrogens with one attached hydrogen (secondary N) is 1. The first-order chi connectivity index (χ1) is 8.17. The quantitative estimate of drug-likeness (QED) is 0.754. The van der Waals surface area contributed by atoms with Gasteiger partial charge in [-0.2, -0.15) is 0 Å². The smallest absolute Gasteiger partial charge is 0.0431 e. The van der Waals surface area contributed by atoms with Crippen LogP contribution in [0.2, 0.25) is 0 Å². The number of hydrogen-bond acceptors (Lipinski definition) is 1. The fourth-order valence-electron chi connectivity index (χ4n) is 1.61. The molecule has 0 spiro atoms. The highest BCUT2D eigenvalue weighted by atomic mass is 79.9. The maximum atomic E-state index is 3.53. The van der Waals surface area contributed by atoms with Crippen molar-refractivity contribution in [2.45, 2.75) is 32.7 Å². The Labute approximate surface area is 121 Å². The van der Waals surface area contributed by atoms with Crippen molar-refractivity contribution in [2.24, 2.45) is 0 Å². The molecular formula is C14H17Br2N. The van der Waals surface area contributed by atoms with E-state index in [2.05, 4.69) is 68.1 Å². The maximum Gasteiger partial charge on any atom is 0.0431 e. The van der Waals surface area contributed by atoms with Crippen LogP contribution in [0.25, 0.3) is 0 Å². The first kappa shape index (κ1) is 14.8. The van der Waals surface area contributed by atoms with Crippen LogP contribution in [0, 0.1) is 11.8 Å². The van der Waals surface area contributed by atoms with E-state index in [1.165, 1.54) is 5.56 Å². The second-order valence-corrected chi connectivity index (χ2v) is 5.67. The summed E-state index contributed by atoms with van der Waals surface area (Å²) in [5.41, 5.74) is 1.27. The Kier molecular flexibility index (Phi) is 6.87. The van der Waals surface area contributed by atoms with Crippen LogP contribution in [0.4, 0.5) is 0 Å². The molecule has 0 aliphatic heterocycles. The van der Waals surface area contributed by atoms with Crippen LogP contribution in [0.5, 0.6) is 0 Å². The minimum atomic E-state index is 0.302. The number of rotatable bonds is 5. The van der Waals surface area contributed by atoms with Crippen molar-refractivity contribution in [2.75, 3.05) is 6.54 Å². The zero-order valence-electron chi connectivity index (χ0n) is 10.2. The number of hydrogen-bond donors (Lipinski definition) is 1. The normalized spacial score (nSPS) is 11.8. The van der Waals surface area contributed by atoms with E-state index in [0.29, 0.717) is 6.04 Å². The molecule has 1 aromatic rings. The molecule has 0 bridgehead atoms. The van der Waals surface area contributed by atoms with Gasteiger partial charge in [0.25, 0.3) is 0 Å². The summed E-state index contributed by atoms with van der Waals surface area (Å²) in [7, 11) is 0. The van der Waals surface area contributed by atoms with E-state index in [4.69, 9.17) is 0 Å². The van der Waals surface area contributed by atoms with E-state index in [1.807, 2.05) is 13.0 Å². The predicted molar refractivity (Wildman–Crippen MR) is 80.9 cm³/mol. The molecule has 0 saturated carbocycles. The van der Waals surface area contributed by atoms with Crippen LogP contribution >= 0.6 is 31.9 Å². The third-order valence-electron chi connectivity index (χ3n) is 2.41. The van der Waals surface area contributed by atoms with Gasteiger partial charge in [-0.1, -0.05) is 38.8 Å². The van der Waals surface area contributed by atoms with Crippen LogP contribution in [0.15, 0.2) is 27.1 Å². The van der Waals surface area contributed by atoms with Crippen LogP contribution in [0.1, 0.15) is 38.3 Å². The molecule has 0 heterocycles. The molecule has 0 aliphatic carbocycles. The van der Waals surface area contributed by atoms with E-state index < -0.39 is 0 Å². The van der Waals surface area contributed by atoms with Crippen LogP contribution in [-0.2, 0) is 0 Å². The van der Waals surface area contributed by atoms with Gasteiger partial charge in [-0.05, 0) is 43.7 Å². The highest BCUT2D eigenvalue weighted by Gasteiger charge is 2.10. The summed E-state index contributed by atoms with van der Waals surface area (Å²) >= 11 is 7.05. The molecule has 92 valence electrons. The summed E-state index contributed by atoms with van der Waals surface area (Å²) in [4.78, 5) is 0. The Morgan fingerprint density at radius 2 is 1.88 bits per heavy atom. The number of halogens is 2. The van der Waals surface area contributed by atoms with Gasteiger partial charge < -0.3 is 5.32 Å². The van der Waals surface area contributed by atoms with Gasteiger partial charge in [0.2, 0.25) is 0 Å². The average molecular weight is 359 g/mol. The Bertz CT molecular complexity index is 398. The molecule has 17 heavy (non-hydrogen) atoms. The lowest BCUT2D eigenvalue weighted by Gasteiger charge is -2.17. The lowest BCUT2D eigenvalue weighted by atomic mass is 10.0. The zero-order chi connectivity index (χ0) is 12.7. The molecule has 0 aromatic heterocycles. The van der Waals surface area contributed by atoms with Gasteiger partial charge in [0.05, 0.1) is 0 Å². The van der Waals surface area contributed by atoms with Crippen molar-refractivity contribution in [1.82, 2.24) is 5.32 Å². The van der Waals surface area contributed by atoms with Gasteiger partial charge in [0, 0.05) is 21.4 Å². The molecule has 1 rings (SSSR count). The van der Waals surface area contributed by atoms with Crippen LogP contribution in [0.3, 0.4) is 0 Å². The molecule has 1 N–H and O–H groups in total. The Morgan fingerprint density at radius 1 is 1.24 bits per heavy atom. The molecule has 3 heteroatoms. The van der Waals surface area contributed by atoms with Crippen LogP contribution in [-0.4, -0.2) is 6.54 Å². The van der Waals surface area contributed by atoms with E-state index in [0.717, 1.165) is 28.3 Å². The highest BCUT2D eigenvalue weighted by molar-refractivity contribution is 9.11. The topological polar surface area (TPSA) is 12.0 Å². The molecule has 0 saturated heterocycles. The van der Waals surface area contributed by atoms with Crippen molar-refractivity contribution >= 4 is 31.9 Å². The van der Waals surface area contributed by atoms with Gasteiger partial charge in [-0.25, -0.2) is 0 Å². The standard InChI is InChI=1S/C14H17Br2N/c1-3-5-6-14(17-7-4-2)11-8-12(15)10-13(16)9-11/h8-10,14,17H,4,6-7H2,1-2H3. The first-order valence-electron chi connectivity index (χ1n) is 5.76. The number of benzene rings is 1. The van der Waals surface area contributed by atoms with E-state index >= 15 is 0 Å². The Morgan fingerprint density at radius 3 is 2.41 bits per heavy atom. The second kappa shape index (κ2) is 7.92. The Balaban J connectivity index is 2.88. The summed E-state index contributed by atoms with van der Waals surface area (Å²) in [6.45, 7) is 5.07. The average Bonchev–Trinajstić information content (AvgIpc) is 2.28. The summed E-state index contributed by atoms with van der Waals surface area (Å²) in [6.07, 6.45) is 1.98. The first-order valence-corrected chi connectivity index (χ1v) is 7.35. The minimum absolute atomic E-state index is 0.302. The van der Waals surface area contributed by atoms with Crippen molar-refractivity contribution in [3.05, 3.63) is 32.7 Å². The monoisotopic (exact) mass is 357 g/mol. The third-order valence-corrected chi connectivity index (χ3v) is 3.33. The highest BCUT2D eigenvalue weighted by Crippen LogP contribution is 2.25. The van der Waals surface area contributed by atoms with Gasteiger partial charge in [0.15, 0.2) is 0 Å². The summed E-state index contributed by atoms with van der Waals surface area (Å²) < 4.78 is 2.18. The molecule has 1 nitrogen and oxygen atoms in total. The van der Waals surface area contributed by atoms with Crippen molar-refractivity contribution in [3.63, 3.8) is 0 Å². The second-order valence-electron chi connectivity index (χ2n) is 3.84. The van der Waals surface area contributed by atoms with Crippen molar-refractivity contribution in [1.29, 1.82) is 0 Å². The van der Waals surface area contributed by atoms with Crippen LogP contribution < -0.4 is 5.32 Å². The van der Waals surface area contributed by atoms with Crippen molar-refractivity contribution < 1.29 is 0 Å². The Hall–Kier alpha value is -0.300. The maximum absolute atomic E-state index is 3.53. The minimum Gasteiger partial charge on any atom is -0.309 e. The summed E-state index contributed by atoms with van der Waals surface area (Å²) in [5.74, 6) is 6.11. The molecule has 1 unspecified atom stereocenters. The predicted octanol–water partition coefficient (Wildman–Crippen LogP) is 4.67. The van der Waals surface area contributed by atoms with Gasteiger partial charge in [0.1, 0.15) is 0 Å². The molecule has 0 aliphatic rings. The largest absolute Gasteiger partial charge is 0.309 e. The molecule has 1 aromatic carbocycles. The van der Waals surface area contributed by atoms with E-state index in [-0.39, 0.29) is 0 Å². The summed E-state index contributed by atoms with van der Waals surface area (Å²) in [6, 6.07) is 6.65. The molecular weight excluding hydrogens is 342 g/mol. The van der Waals surface area contributed by atoms with Crippen molar-refractivity contribution in [3.8, 4) is 11.8 Å². The van der Waals surface area contributed by atoms with Gasteiger partial charge in [-0.15, -0.1) is 11.8 Å². The zero-order valence-corrected chi connectivity index (χ0v) is 13.4. The molecule has 0 amide bonds. The summed E-state index contributed by atoms with van der Waals surface area (Å²) in [5, 5.41) is 3.53. The lowest BCUT2D eigenvalue weighted by Crippen LogP contribution is -2.21. The lowest BCUT2D eigenvalue weighted by molar-refractivity contribution is 0.542. The van der Waals surface area contributed by atoms with Gasteiger partial charge >= 0.3 is 0 Å². The van der Waals surface area contributed by atoms with E-state index in [1.54, 1.807) is 0 Å². The SMILES string of the molecule is CC#CCC(NCCC)c1cc(Br)cc(Br)c1. The molecule has 0 fully saturated rings. The van der Waals surface area contributed by atoms with Gasteiger partial charge in [-0.3, -0.25) is 0 Å². The fourth-order valence-corrected chi connectivity index (χ4v) is 2.94.